The number of piperazine rings is 1. The van der Waals surface area contributed by atoms with E-state index in [2.05, 4.69) is 58.7 Å². The molecule has 112 valence electrons. The van der Waals surface area contributed by atoms with E-state index in [9.17, 15) is 0 Å². The van der Waals surface area contributed by atoms with Crippen molar-refractivity contribution in [1.82, 2.24) is 10.2 Å². The molecule has 3 heteroatoms. The number of nitrogens with one attached hydrogen (secondary N) is 1. The van der Waals surface area contributed by atoms with Gasteiger partial charge in [-0.2, -0.15) is 0 Å². The average molecular weight is 292 g/mol. The maximum atomic E-state index is 5.79. The van der Waals surface area contributed by atoms with Crippen molar-refractivity contribution in [2.75, 3.05) is 26.2 Å². The van der Waals surface area contributed by atoms with Crippen molar-refractivity contribution in [3.8, 4) is 0 Å². The summed E-state index contributed by atoms with van der Waals surface area (Å²) >= 11 is 0. The van der Waals surface area contributed by atoms with Gasteiger partial charge in [0.15, 0.2) is 0 Å². The Bertz CT molecular complexity index is 740. The van der Waals surface area contributed by atoms with E-state index in [1.54, 1.807) is 6.26 Å². The molecule has 1 N–H and O–H groups in total. The highest BCUT2D eigenvalue weighted by molar-refractivity contribution is 5.86. The van der Waals surface area contributed by atoms with Crippen LogP contribution in [0.2, 0.25) is 0 Å². The fraction of sp³-hybridized carbons (Fsp3) is 0.263. The van der Waals surface area contributed by atoms with Crippen LogP contribution < -0.4 is 5.32 Å². The Morgan fingerprint density at radius 3 is 2.55 bits per heavy atom. The van der Waals surface area contributed by atoms with Crippen LogP contribution in [0.3, 0.4) is 0 Å². The minimum absolute atomic E-state index is 0.184. The van der Waals surface area contributed by atoms with Gasteiger partial charge in [0.2, 0.25) is 0 Å². The van der Waals surface area contributed by atoms with Gasteiger partial charge >= 0.3 is 0 Å². The van der Waals surface area contributed by atoms with Gasteiger partial charge in [0.1, 0.15) is 5.76 Å². The number of benzene rings is 2. The minimum Gasteiger partial charge on any atom is -0.467 e. The lowest BCUT2D eigenvalue weighted by Crippen LogP contribution is -2.45. The summed E-state index contributed by atoms with van der Waals surface area (Å²) in [5.74, 6) is 1.03. The molecule has 0 bridgehead atoms. The van der Waals surface area contributed by atoms with Crippen LogP contribution in [0, 0.1) is 0 Å². The van der Waals surface area contributed by atoms with Crippen LogP contribution in [0.15, 0.2) is 65.3 Å². The highest BCUT2D eigenvalue weighted by Crippen LogP contribution is 2.33. The number of furan rings is 1. The molecule has 2 aromatic carbocycles. The fourth-order valence-electron chi connectivity index (χ4n) is 3.41. The topological polar surface area (TPSA) is 28.4 Å². The number of hydrogen-bond donors (Lipinski definition) is 1. The van der Waals surface area contributed by atoms with Gasteiger partial charge in [-0.15, -0.1) is 0 Å². The van der Waals surface area contributed by atoms with Gasteiger partial charge < -0.3 is 9.73 Å². The Morgan fingerprint density at radius 2 is 1.73 bits per heavy atom. The SMILES string of the molecule is c1coc(C(c2cccc3ccccc23)N2CCNCC2)c1. The second-order valence-corrected chi connectivity index (χ2v) is 5.77. The summed E-state index contributed by atoms with van der Waals surface area (Å²) < 4.78 is 5.79. The van der Waals surface area contributed by atoms with Gasteiger partial charge in [-0.25, -0.2) is 0 Å². The number of nitrogens with zero attached hydrogens (tertiary/aromatic N) is 1. The molecule has 0 spiro atoms. The molecular formula is C19H20N2O. The average Bonchev–Trinajstić information content (AvgIpc) is 3.11. The molecule has 1 aliphatic rings. The largest absolute Gasteiger partial charge is 0.467 e. The Hall–Kier alpha value is -2.10. The predicted octanol–water partition coefficient (Wildman–Crippen LogP) is 3.43. The van der Waals surface area contributed by atoms with Gasteiger partial charge in [0.05, 0.1) is 12.3 Å². The molecule has 1 aliphatic heterocycles. The molecule has 22 heavy (non-hydrogen) atoms. The van der Waals surface area contributed by atoms with Crippen molar-refractivity contribution in [2.24, 2.45) is 0 Å². The fourth-order valence-corrected chi connectivity index (χ4v) is 3.41. The van der Waals surface area contributed by atoms with Crippen LogP contribution in [0.5, 0.6) is 0 Å². The molecule has 3 nitrogen and oxygen atoms in total. The standard InChI is InChI=1S/C19H20N2O/c1-2-7-16-15(5-1)6-3-8-17(16)19(18-9-4-14-22-18)21-12-10-20-11-13-21/h1-9,14,19-20H,10-13H2. The van der Waals surface area contributed by atoms with Gasteiger partial charge in [-0.05, 0) is 28.5 Å². The zero-order valence-electron chi connectivity index (χ0n) is 12.5. The Kier molecular flexibility index (Phi) is 3.67. The molecule has 0 aliphatic carbocycles. The lowest BCUT2D eigenvalue weighted by Gasteiger charge is -2.34. The zero-order chi connectivity index (χ0) is 14.8. The zero-order valence-corrected chi connectivity index (χ0v) is 12.5. The van der Waals surface area contributed by atoms with Crippen molar-refractivity contribution < 1.29 is 4.42 Å². The van der Waals surface area contributed by atoms with Crippen molar-refractivity contribution >= 4 is 10.8 Å². The normalized spacial score (nSPS) is 17.6. The van der Waals surface area contributed by atoms with Gasteiger partial charge in [0.25, 0.3) is 0 Å². The lowest BCUT2D eigenvalue weighted by atomic mass is 9.95. The summed E-state index contributed by atoms with van der Waals surface area (Å²) in [4.78, 5) is 2.51. The molecule has 3 aromatic rings. The number of fused-ring (bicyclic) bond motifs is 1. The van der Waals surface area contributed by atoms with Gasteiger partial charge in [0, 0.05) is 26.2 Å². The van der Waals surface area contributed by atoms with E-state index >= 15 is 0 Å². The van der Waals surface area contributed by atoms with E-state index in [1.807, 2.05) is 6.07 Å². The summed E-state index contributed by atoms with van der Waals surface area (Å²) in [6.45, 7) is 4.13. The Morgan fingerprint density at radius 1 is 0.909 bits per heavy atom. The summed E-state index contributed by atoms with van der Waals surface area (Å²) in [6, 6.07) is 19.4. The smallest absolute Gasteiger partial charge is 0.125 e. The highest BCUT2D eigenvalue weighted by atomic mass is 16.3. The van der Waals surface area contributed by atoms with Crippen LogP contribution in [0.1, 0.15) is 17.4 Å². The summed E-state index contributed by atoms with van der Waals surface area (Å²) in [5.41, 5.74) is 1.33. The second kappa shape index (κ2) is 5.95. The van der Waals surface area contributed by atoms with E-state index in [0.29, 0.717) is 0 Å². The maximum Gasteiger partial charge on any atom is 0.125 e. The van der Waals surface area contributed by atoms with Gasteiger partial charge in [-0.3, -0.25) is 4.90 Å². The van der Waals surface area contributed by atoms with Crippen LogP contribution in [-0.4, -0.2) is 31.1 Å². The van der Waals surface area contributed by atoms with Crippen molar-refractivity contribution in [1.29, 1.82) is 0 Å². The minimum atomic E-state index is 0.184. The number of rotatable bonds is 3. The summed E-state index contributed by atoms with van der Waals surface area (Å²) in [5, 5.41) is 6.03. The Labute approximate surface area is 130 Å². The third-order valence-electron chi connectivity index (χ3n) is 4.45. The van der Waals surface area contributed by atoms with E-state index in [4.69, 9.17) is 4.42 Å². The molecule has 1 aromatic heterocycles. The van der Waals surface area contributed by atoms with Gasteiger partial charge in [-0.1, -0.05) is 42.5 Å². The predicted molar refractivity (Wildman–Crippen MR) is 88.9 cm³/mol. The molecule has 0 saturated carbocycles. The van der Waals surface area contributed by atoms with Crippen molar-refractivity contribution in [2.45, 2.75) is 6.04 Å². The lowest BCUT2D eigenvalue weighted by molar-refractivity contribution is 0.181. The van der Waals surface area contributed by atoms with Crippen molar-refractivity contribution in [3.63, 3.8) is 0 Å². The molecule has 0 radical (unpaired) electrons. The molecule has 1 unspecified atom stereocenters. The molecule has 0 amide bonds. The molecule has 1 atom stereocenters. The van der Waals surface area contributed by atoms with Crippen LogP contribution in [0.25, 0.3) is 10.8 Å². The molecule has 1 saturated heterocycles. The maximum absolute atomic E-state index is 5.79. The molecule has 4 rings (SSSR count). The Balaban J connectivity index is 1.85. The molecule has 1 fully saturated rings. The quantitative estimate of drug-likeness (QED) is 0.801. The third-order valence-corrected chi connectivity index (χ3v) is 4.45. The third kappa shape index (κ3) is 2.43. The van der Waals surface area contributed by atoms with E-state index < -0.39 is 0 Å². The number of hydrogen-bond acceptors (Lipinski definition) is 3. The first-order chi connectivity index (χ1) is 10.9. The molecule has 2 heterocycles. The first-order valence-corrected chi connectivity index (χ1v) is 7.89. The second-order valence-electron chi connectivity index (χ2n) is 5.77. The molecular weight excluding hydrogens is 272 g/mol. The van der Waals surface area contributed by atoms with Crippen LogP contribution >= 0.6 is 0 Å². The van der Waals surface area contributed by atoms with E-state index in [0.717, 1.165) is 31.9 Å². The van der Waals surface area contributed by atoms with E-state index in [1.165, 1.54) is 16.3 Å². The van der Waals surface area contributed by atoms with Crippen LogP contribution in [0.4, 0.5) is 0 Å². The summed E-state index contributed by atoms with van der Waals surface area (Å²) in [6.07, 6.45) is 1.77. The van der Waals surface area contributed by atoms with E-state index in [-0.39, 0.29) is 6.04 Å². The first-order valence-electron chi connectivity index (χ1n) is 7.89. The van der Waals surface area contributed by atoms with Crippen LogP contribution in [-0.2, 0) is 0 Å². The van der Waals surface area contributed by atoms with Crippen molar-refractivity contribution in [3.05, 3.63) is 72.2 Å². The summed E-state index contributed by atoms with van der Waals surface area (Å²) in [7, 11) is 0. The monoisotopic (exact) mass is 292 g/mol. The first kappa shape index (κ1) is 13.6. The highest BCUT2D eigenvalue weighted by Gasteiger charge is 2.27.